The van der Waals surface area contributed by atoms with Crippen molar-refractivity contribution in [1.82, 2.24) is 0 Å². The molecule has 1 nitrogen and oxygen atoms in total. The zero-order valence-corrected chi connectivity index (χ0v) is 8.46. The van der Waals surface area contributed by atoms with Gasteiger partial charge in [-0.3, -0.25) is 0 Å². The molecule has 0 N–H and O–H groups in total. The van der Waals surface area contributed by atoms with E-state index in [-0.39, 0.29) is 4.70 Å². The number of nitrogens with zero attached hydrogens (tertiary/aromatic N) is 1. The number of rotatable bonds is 4. The molecule has 1 heterocycles. The zero-order chi connectivity index (χ0) is 8.81. The number of aromatic nitrogens is 1. The van der Waals surface area contributed by atoms with Crippen molar-refractivity contribution in [1.29, 1.82) is 0 Å². The first-order chi connectivity index (χ1) is 5.86. The Hall–Kier alpha value is -0.920. The van der Waals surface area contributed by atoms with Gasteiger partial charge in [-0.25, -0.2) is 4.57 Å². The molecular weight excluding hydrogens is 165 g/mol. The van der Waals surface area contributed by atoms with Gasteiger partial charge in [0.15, 0.2) is 12.4 Å². The third-order valence-electron chi connectivity index (χ3n) is 2.14. The van der Waals surface area contributed by atoms with Crippen LogP contribution in [0, 0.1) is 0 Å². The highest BCUT2D eigenvalue weighted by Gasteiger charge is 1.96. The van der Waals surface area contributed by atoms with Crippen LogP contribution in [0.1, 0.15) is 32.3 Å². The van der Waals surface area contributed by atoms with E-state index < -0.39 is 0 Å². The lowest BCUT2D eigenvalue weighted by Gasteiger charge is -1.97. The molecule has 0 saturated heterocycles. The summed E-state index contributed by atoms with van der Waals surface area (Å²) < 4.78 is 2.19. The summed E-state index contributed by atoms with van der Waals surface area (Å²) in [6.07, 6.45) is 8.12. The van der Waals surface area contributed by atoms with Gasteiger partial charge in [-0.05, 0) is 25.3 Å². The number of unbranched alkanes of at least 4 members (excludes halogenated alkanes) is 1. The van der Waals surface area contributed by atoms with Gasteiger partial charge >= 0.3 is 0 Å². The van der Waals surface area contributed by atoms with Gasteiger partial charge in [-0.15, -0.1) is 0 Å². The summed E-state index contributed by atoms with van der Waals surface area (Å²) in [6.45, 7) is 5.45. The van der Waals surface area contributed by atoms with Crippen molar-refractivity contribution in [3.63, 3.8) is 0 Å². The second-order valence-corrected chi connectivity index (χ2v) is 3.14. The van der Waals surface area contributed by atoms with Crippen molar-refractivity contribution in [3.8, 4) is 0 Å². The molecule has 0 fully saturated rings. The van der Waals surface area contributed by atoms with E-state index in [2.05, 4.69) is 42.9 Å². The summed E-state index contributed by atoms with van der Waals surface area (Å²) in [7, 11) is 0. The number of aryl methyl sites for hydroxylation is 2. The monoisotopic (exact) mass is 183 g/mol. The van der Waals surface area contributed by atoms with E-state index in [1.165, 1.54) is 24.8 Å². The summed E-state index contributed by atoms with van der Waals surface area (Å²) in [5.41, 5.74) is 1.46. The highest BCUT2D eigenvalue weighted by Crippen LogP contribution is 2.01. The van der Waals surface area contributed by atoms with Crippen LogP contribution in [0.15, 0.2) is 24.5 Å². The van der Waals surface area contributed by atoms with Gasteiger partial charge in [-0.1, -0.05) is 13.3 Å². The van der Waals surface area contributed by atoms with Crippen LogP contribution in [-0.2, 0) is 13.0 Å². The fourth-order valence-electron chi connectivity index (χ4n) is 1.25. The molecule has 74 valence electrons. The quantitative estimate of drug-likeness (QED) is 0.546. The first-order valence-corrected chi connectivity index (χ1v) is 4.84. The van der Waals surface area contributed by atoms with Gasteiger partial charge < -0.3 is 4.70 Å². The van der Waals surface area contributed by atoms with E-state index in [9.17, 15) is 0 Å². The highest BCUT2D eigenvalue weighted by molar-refractivity contribution is 5.06. The second-order valence-electron chi connectivity index (χ2n) is 3.14. The van der Waals surface area contributed by atoms with Crippen molar-refractivity contribution in [2.75, 3.05) is 0 Å². The Bertz CT molecular complexity index is 218. The molecule has 0 atom stereocenters. The lowest BCUT2D eigenvalue weighted by molar-refractivity contribution is -0.693. The number of hydrogen-bond donors (Lipinski definition) is 0. The summed E-state index contributed by atoms with van der Waals surface area (Å²) in [5, 5.41) is 0. The molecule has 0 unspecified atom stereocenters. The fourth-order valence-corrected chi connectivity index (χ4v) is 1.25. The maximum Gasteiger partial charge on any atom is 0.169 e. The van der Waals surface area contributed by atoms with Crippen molar-refractivity contribution in [2.24, 2.45) is 0 Å². The van der Waals surface area contributed by atoms with E-state index in [1.807, 2.05) is 0 Å². The SMILES string of the molecule is CCCCc1cc[n+](CC)cc1.[F-]. The normalized spacial score (nSPS) is 9.38. The van der Waals surface area contributed by atoms with E-state index in [0.717, 1.165) is 6.54 Å². The Kier molecular flexibility index (Phi) is 6.11. The molecule has 0 aliphatic heterocycles. The van der Waals surface area contributed by atoms with Crippen molar-refractivity contribution in [2.45, 2.75) is 39.7 Å². The van der Waals surface area contributed by atoms with E-state index in [4.69, 9.17) is 0 Å². The predicted molar refractivity (Wildman–Crippen MR) is 50.9 cm³/mol. The summed E-state index contributed by atoms with van der Waals surface area (Å²) >= 11 is 0. The molecule has 0 saturated carbocycles. The molecule has 0 aliphatic carbocycles. The minimum Gasteiger partial charge on any atom is -1.00 e. The maximum absolute atomic E-state index is 2.23. The van der Waals surface area contributed by atoms with Crippen LogP contribution >= 0.6 is 0 Å². The van der Waals surface area contributed by atoms with E-state index in [0.29, 0.717) is 0 Å². The molecule has 0 bridgehead atoms. The van der Waals surface area contributed by atoms with Crippen molar-refractivity contribution < 1.29 is 9.27 Å². The molecule has 2 heteroatoms. The Morgan fingerprint density at radius 2 is 1.77 bits per heavy atom. The average molecular weight is 183 g/mol. The Morgan fingerprint density at radius 1 is 1.15 bits per heavy atom. The molecule has 1 aromatic heterocycles. The minimum absolute atomic E-state index is 0. The first-order valence-electron chi connectivity index (χ1n) is 4.84. The second kappa shape index (κ2) is 6.58. The van der Waals surface area contributed by atoms with Gasteiger partial charge in [0.05, 0.1) is 0 Å². The van der Waals surface area contributed by atoms with Crippen LogP contribution in [0.5, 0.6) is 0 Å². The Balaban J connectivity index is 0.00000144. The molecule has 0 aliphatic rings. The summed E-state index contributed by atoms with van der Waals surface area (Å²) in [5.74, 6) is 0. The molecular formula is C11H18FN. The predicted octanol–water partition coefficient (Wildman–Crippen LogP) is -0.659. The molecule has 1 aromatic rings. The first kappa shape index (κ1) is 12.1. The lowest BCUT2D eigenvalue weighted by Crippen LogP contribution is -3.00. The van der Waals surface area contributed by atoms with Gasteiger partial charge in [0, 0.05) is 12.1 Å². The third-order valence-corrected chi connectivity index (χ3v) is 2.14. The van der Waals surface area contributed by atoms with Gasteiger partial charge in [-0.2, -0.15) is 0 Å². The average Bonchev–Trinajstić information content (AvgIpc) is 2.15. The number of pyridine rings is 1. The van der Waals surface area contributed by atoms with Crippen LogP contribution < -0.4 is 9.27 Å². The fraction of sp³-hybridized carbons (Fsp3) is 0.545. The molecule has 13 heavy (non-hydrogen) atoms. The van der Waals surface area contributed by atoms with Crippen LogP contribution in [-0.4, -0.2) is 0 Å². The van der Waals surface area contributed by atoms with Crippen LogP contribution in [0.4, 0.5) is 0 Å². The summed E-state index contributed by atoms with van der Waals surface area (Å²) in [6, 6.07) is 4.44. The molecule has 0 amide bonds. The topological polar surface area (TPSA) is 3.88 Å². The lowest BCUT2D eigenvalue weighted by atomic mass is 10.1. The molecule has 0 radical (unpaired) electrons. The number of hydrogen-bond acceptors (Lipinski definition) is 0. The van der Waals surface area contributed by atoms with Gasteiger partial charge in [0.2, 0.25) is 0 Å². The van der Waals surface area contributed by atoms with Crippen molar-refractivity contribution in [3.05, 3.63) is 30.1 Å². The molecule has 1 rings (SSSR count). The number of halogens is 1. The summed E-state index contributed by atoms with van der Waals surface area (Å²) in [4.78, 5) is 0. The third kappa shape index (κ3) is 4.02. The van der Waals surface area contributed by atoms with Crippen molar-refractivity contribution >= 4 is 0 Å². The Morgan fingerprint density at radius 3 is 2.23 bits per heavy atom. The highest BCUT2D eigenvalue weighted by atomic mass is 19.0. The van der Waals surface area contributed by atoms with E-state index >= 15 is 0 Å². The molecule has 0 spiro atoms. The van der Waals surface area contributed by atoms with E-state index in [1.54, 1.807) is 0 Å². The van der Waals surface area contributed by atoms with Crippen LogP contribution in [0.3, 0.4) is 0 Å². The maximum atomic E-state index is 2.23. The molecule has 0 aromatic carbocycles. The van der Waals surface area contributed by atoms with Crippen LogP contribution in [0.25, 0.3) is 0 Å². The smallest absolute Gasteiger partial charge is 0.169 e. The minimum atomic E-state index is 0. The Labute approximate surface area is 79.8 Å². The zero-order valence-electron chi connectivity index (χ0n) is 8.46. The largest absolute Gasteiger partial charge is 1.00 e. The van der Waals surface area contributed by atoms with Gasteiger partial charge in [0.1, 0.15) is 6.54 Å². The van der Waals surface area contributed by atoms with Crippen LogP contribution in [0.2, 0.25) is 0 Å². The van der Waals surface area contributed by atoms with Gasteiger partial charge in [0.25, 0.3) is 0 Å². The standard InChI is InChI=1S/C11H18N.FH/c1-3-5-6-11-7-9-12(4-2)10-8-11;/h7-10H,3-6H2,1-2H3;1H/q+1;/p-1.